The number of nitrogens with one attached hydrogen (secondary N) is 1. The van der Waals surface area contributed by atoms with Gasteiger partial charge in [-0.1, -0.05) is 12.5 Å². The Balaban J connectivity index is 1.94. The fourth-order valence-corrected chi connectivity index (χ4v) is 2.51. The lowest BCUT2D eigenvalue weighted by atomic mass is 10.0. The fraction of sp³-hybridized carbons (Fsp3) is 0.615. The van der Waals surface area contributed by atoms with Crippen LogP contribution in [0.15, 0.2) is 24.4 Å². The lowest BCUT2D eigenvalue weighted by molar-refractivity contribution is 0.200. The van der Waals surface area contributed by atoms with E-state index >= 15 is 0 Å². The van der Waals surface area contributed by atoms with Crippen LogP contribution in [-0.4, -0.2) is 22.7 Å². The van der Waals surface area contributed by atoms with Crippen molar-refractivity contribution in [2.45, 2.75) is 38.3 Å². The number of nitrogens with zero attached hydrogens (tertiary/aromatic N) is 1. The molecule has 3 unspecified atom stereocenters. The molecule has 0 aromatic carbocycles. The minimum absolute atomic E-state index is 0.262. The Hall–Kier alpha value is -0.930. The summed E-state index contributed by atoms with van der Waals surface area (Å²) >= 11 is 0. The summed E-state index contributed by atoms with van der Waals surface area (Å²) in [7, 11) is 0. The Labute approximate surface area is 96.9 Å². The molecule has 16 heavy (non-hydrogen) atoms. The largest absolute Gasteiger partial charge is 0.396 e. The Kier molecular flexibility index (Phi) is 3.91. The maximum atomic E-state index is 9.26. The Bertz CT molecular complexity index is 315. The molecule has 2 rings (SSSR count). The lowest BCUT2D eigenvalue weighted by Gasteiger charge is -2.23. The van der Waals surface area contributed by atoms with E-state index in [1.165, 1.54) is 12.8 Å². The molecule has 3 nitrogen and oxygen atoms in total. The van der Waals surface area contributed by atoms with Crippen molar-refractivity contribution in [3.05, 3.63) is 30.1 Å². The highest BCUT2D eigenvalue weighted by Gasteiger charge is 2.27. The van der Waals surface area contributed by atoms with E-state index in [2.05, 4.69) is 17.2 Å². The van der Waals surface area contributed by atoms with Gasteiger partial charge in [-0.3, -0.25) is 4.98 Å². The number of aromatic nitrogens is 1. The molecular weight excluding hydrogens is 200 g/mol. The van der Waals surface area contributed by atoms with Gasteiger partial charge in [-0.2, -0.15) is 0 Å². The van der Waals surface area contributed by atoms with Gasteiger partial charge in [0, 0.05) is 24.9 Å². The summed E-state index contributed by atoms with van der Waals surface area (Å²) in [5.41, 5.74) is 1.08. The first kappa shape index (κ1) is 11.6. The third kappa shape index (κ3) is 2.60. The molecule has 2 N–H and O–H groups in total. The van der Waals surface area contributed by atoms with E-state index in [0.29, 0.717) is 18.6 Å². The first-order valence-electron chi connectivity index (χ1n) is 6.09. The van der Waals surface area contributed by atoms with Crippen LogP contribution in [-0.2, 0) is 0 Å². The first-order chi connectivity index (χ1) is 7.81. The summed E-state index contributed by atoms with van der Waals surface area (Å²) in [5, 5.41) is 12.8. The molecule has 1 aromatic heterocycles. The van der Waals surface area contributed by atoms with Gasteiger partial charge in [0.05, 0.1) is 5.69 Å². The number of rotatable bonds is 4. The minimum atomic E-state index is 0.262. The highest BCUT2D eigenvalue weighted by molar-refractivity contribution is 5.08. The topological polar surface area (TPSA) is 45.1 Å². The molecule has 1 saturated carbocycles. The van der Waals surface area contributed by atoms with Crippen LogP contribution in [0.4, 0.5) is 0 Å². The van der Waals surface area contributed by atoms with Crippen LogP contribution in [0, 0.1) is 5.92 Å². The van der Waals surface area contributed by atoms with Crippen LogP contribution < -0.4 is 5.32 Å². The Morgan fingerprint density at radius 3 is 3.06 bits per heavy atom. The van der Waals surface area contributed by atoms with Gasteiger partial charge in [-0.15, -0.1) is 0 Å². The standard InChI is InChI=1S/C13H20N2O/c1-10(12-6-2-3-8-14-12)15-13-7-4-5-11(13)9-16/h2-3,6,8,10-11,13,15-16H,4-5,7,9H2,1H3. The van der Waals surface area contributed by atoms with Crippen LogP contribution in [0.2, 0.25) is 0 Å². The zero-order valence-electron chi connectivity index (χ0n) is 9.76. The van der Waals surface area contributed by atoms with Crippen LogP contribution in [0.5, 0.6) is 0 Å². The van der Waals surface area contributed by atoms with Gasteiger partial charge in [0.1, 0.15) is 0 Å². The zero-order valence-corrected chi connectivity index (χ0v) is 9.76. The van der Waals surface area contributed by atoms with E-state index in [1.54, 1.807) is 0 Å². The fourth-order valence-electron chi connectivity index (χ4n) is 2.51. The highest BCUT2D eigenvalue weighted by atomic mass is 16.3. The molecule has 1 fully saturated rings. The van der Waals surface area contributed by atoms with Crippen molar-refractivity contribution in [2.75, 3.05) is 6.61 Å². The van der Waals surface area contributed by atoms with Crippen molar-refractivity contribution < 1.29 is 5.11 Å². The molecule has 0 amide bonds. The van der Waals surface area contributed by atoms with Gasteiger partial charge >= 0.3 is 0 Å². The van der Waals surface area contributed by atoms with Gasteiger partial charge in [0.25, 0.3) is 0 Å². The van der Waals surface area contributed by atoms with Crippen LogP contribution in [0.25, 0.3) is 0 Å². The smallest absolute Gasteiger partial charge is 0.0570 e. The SMILES string of the molecule is CC(NC1CCCC1CO)c1ccccn1. The minimum Gasteiger partial charge on any atom is -0.396 e. The molecule has 88 valence electrons. The molecule has 0 aliphatic heterocycles. The molecule has 0 bridgehead atoms. The summed E-state index contributed by atoms with van der Waals surface area (Å²) in [6.45, 7) is 2.43. The first-order valence-corrected chi connectivity index (χ1v) is 6.09. The van der Waals surface area contributed by atoms with Crippen LogP contribution in [0.3, 0.4) is 0 Å². The molecule has 3 atom stereocenters. The number of pyridine rings is 1. The van der Waals surface area contributed by atoms with Gasteiger partial charge in [-0.05, 0) is 37.8 Å². The summed E-state index contributed by atoms with van der Waals surface area (Å²) < 4.78 is 0. The van der Waals surface area contributed by atoms with Crippen molar-refractivity contribution >= 4 is 0 Å². The molecule has 1 aliphatic rings. The second kappa shape index (κ2) is 5.41. The van der Waals surface area contributed by atoms with Crippen molar-refractivity contribution in [1.82, 2.24) is 10.3 Å². The number of hydrogen-bond donors (Lipinski definition) is 2. The van der Waals surface area contributed by atoms with Gasteiger partial charge in [0.15, 0.2) is 0 Å². The van der Waals surface area contributed by atoms with E-state index in [4.69, 9.17) is 0 Å². The maximum absolute atomic E-state index is 9.26. The molecular formula is C13H20N2O. The number of hydrogen-bond acceptors (Lipinski definition) is 3. The molecule has 1 heterocycles. The normalized spacial score (nSPS) is 26.9. The molecule has 0 spiro atoms. The van der Waals surface area contributed by atoms with Gasteiger partial charge in [0.2, 0.25) is 0 Å². The Morgan fingerprint density at radius 1 is 1.50 bits per heavy atom. The summed E-state index contributed by atoms with van der Waals surface area (Å²) in [4.78, 5) is 4.35. The van der Waals surface area contributed by atoms with Crippen molar-refractivity contribution in [3.8, 4) is 0 Å². The molecule has 1 aromatic rings. The van der Waals surface area contributed by atoms with E-state index in [1.807, 2.05) is 24.4 Å². The number of aliphatic hydroxyl groups is 1. The lowest BCUT2D eigenvalue weighted by Crippen LogP contribution is -2.36. The van der Waals surface area contributed by atoms with Gasteiger partial charge in [-0.25, -0.2) is 0 Å². The third-order valence-corrected chi connectivity index (χ3v) is 3.49. The maximum Gasteiger partial charge on any atom is 0.0570 e. The Morgan fingerprint density at radius 2 is 2.38 bits per heavy atom. The monoisotopic (exact) mass is 220 g/mol. The second-order valence-corrected chi connectivity index (χ2v) is 4.62. The summed E-state index contributed by atoms with van der Waals surface area (Å²) in [6, 6.07) is 6.70. The quantitative estimate of drug-likeness (QED) is 0.814. The molecule has 0 saturated heterocycles. The van der Waals surface area contributed by atoms with Crippen molar-refractivity contribution in [2.24, 2.45) is 5.92 Å². The van der Waals surface area contributed by atoms with Crippen LogP contribution in [0.1, 0.15) is 37.9 Å². The zero-order chi connectivity index (χ0) is 11.4. The second-order valence-electron chi connectivity index (χ2n) is 4.62. The molecule has 0 radical (unpaired) electrons. The van der Waals surface area contributed by atoms with E-state index in [-0.39, 0.29) is 6.04 Å². The molecule has 3 heteroatoms. The summed E-state index contributed by atoms with van der Waals surface area (Å²) in [5.74, 6) is 0.422. The molecule has 1 aliphatic carbocycles. The van der Waals surface area contributed by atoms with E-state index in [9.17, 15) is 5.11 Å². The third-order valence-electron chi connectivity index (χ3n) is 3.49. The van der Waals surface area contributed by atoms with Crippen molar-refractivity contribution in [3.63, 3.8) is 0 Å². The average molecular weight is 220 g/mol. The predicted molar refractivity (Wildman–Crippen MR) is 64.0 cm³/mol. The van der Waals surface area contributed by atoms with E-state index in [0.717, 1.165) is 12.1 Å². The number of aliphatic hydroxyl groups excluding tert-OH is 1. The van der Waals surface area contributed by atoms with E-state index < -0.39 is 0 Å². The van der Waals surface area contributed by atoms with Crippen LogP contribution >= 0.6 is 0 Å². The summed E-state index contributed by atoms with van der Waals surface area (Å²) in [6.07, 6.45) is 5.36. The predicted octanol–water partition coefficient (Wildman–Crippen LogP) is 1.89. The highest BCUT2D eigenvalue weighted by Crippen LogP contribution is 2.27. The van der Waals surface area contributed by atoms with Gasteiger partial charge < -0.3 is 10.4 Å². The van der Waals surface area contributed by atoms with Crippen molar-refractivity contribution in [1.29, 1.82) is 0 Å². The average Bonchev–Trinajstić information content (AvgIpc) is 2.77.